The van der Waals surface area contributed by atoms with E-state index in [2.05, 4.69) is 4.72 Å². The molecule has 132 valence electrons. The van der Waals surface area contributed by atoms with E-state index in [1.165, 1.54) is 12.1 Å². The van der Waals surface area contributed by atoms with Crippen LogP contribution in [0.25, 0.3) is 6.08 Å². The Morgan fingerprint density at radius 1 is 1.08 bits per heavy atom. The molecular formula is C19H21NO4S. The third-order valence-corrected chi connectivity index (χ3v) is 4.88. The Morgan fingerprint density at radius 2 is 1.72 bits per heavy atom. The summed E-state index contributed by atoms with van der Waals surface area (Å²) in [5.41, 5.74) is 2.00. The lowest BCUT2D eigenvalue weighted by Gasteiger charge is -2.10. The predicted octanol–water partition coefficient (Wildman–Crippen LogP) is 2.92. The van der Waals surface area contributed by atoms with E-state index in [0.29, 0.717) is 0 Å². The summed E-state index contributed by atoms with van der Waals surface area (Å²) in [6, 6.07) is 15.7. The van der Waals surface area contributed by atoms with Gasteiger partial charge in [-0.1, -0.05) is 48.0 Å². The van der Waals surface area contributed by atoms with E-state index in [4.69, 9.17) is 4.74 Å². The molecule has 0 amide bonds. The zero-order valence-electron chi connectivity index (χ0n) is 14.2. The summed E-state index contributed by atoms with van der Waals surface area (Å²) in [7, 11) is -3.71. The van der Waals surface area contributed by atoms with Gasteiger partial charge in [-0.25, -0.2) is 17.9 Å². The van der Waals surface area contributed by atoms with Gasteiger partial charge in [0.2, 0.25) is 10.0 Å². The van der Waals surface area contributed by atoms with Crippen LogP contribution in [0.4, 0.5) is 0 Å². The first-order chi connectivity index (χ1) is 11.9. The number of hydrogen-bond acceptors (Lipinski definition) is 4. The fourth-order valence-electron chi connectivity index (χ4n) is 2.13. The van der Waals surface area contributed by atoms with E-state index < -0.39 is 16.0 Å². The van der Waals surface area contributed by atoms with Crippen LogP contribution in [-0.2, 0) is 19.6 Å². The topological polar surface area (TPSA) is 72.5 Å². The third-order valence-electron chi connectivity index (χ3n) is 3.46. The summed E-state index contributed by atoms with van der Waals surface area (Å²) < 4.78 is 32.3. The summed E-state index contributed by atoms with van der Waals surface area (Å²) in [6.07, 6.45) is 1.62. The van der Waals surface area contributed by atoms with Crippen molar-refractivity contribution < 1.29 is 17.9 Å². The first-order valence-corrected chi connectivity index (χ1v) is 9.40. The highest BCUT2D eigenvalue weighted by atomic mass is 32.2. The molecule has 0 aromatic heterocycles. The molecule has 2 aromatic carbocycles. The number of carbonyl (C=O) groups excluding carboxylic acids is 1. The van der Waals surface area contributed by atoms with Crippen LogP contribution in [0.1, 0.15) is 18.1 Å². The number of hydrogen-bond donors (Lipinski definition) is 1. The summed E-state index contributed by atoms with van der Waals surface area (Å²) in [4.78, 5) is 12.3. The fraction of sp³-hybridized carbons (Fsp3) is 0.211. The predicted molar refractivity (Wildman–Crippen MR) is 97.4 cm³/mol. The van der Waals surface area contributed by atoms with Crippen molar-refractivity contribution in [2.24, 2.45) is 0 Å². The van der Waals surface area contributed by atoms with Gasteiger partial charge in [0.1, 0.15) is 0 Å². The Morgan fingerprint density at radius 3 is 2.32 bits per heavy atom. The van der Waals surface area contributed by atoms with E-state index in [1.807, 2.05) is 37.3 Å². The van der Waals surface area contributed by atoms with Gasteiger partial charge in [-0.05, 0) is 37.6 Å². The molecule has 0 unspecified atom stereocenters. The van der Waals surface area contributed by atoms with E-state index in [0.717, 1.165) is 11.1 Å². The van der Waals surface area contributed by atoms with Crippen molar-refractivity contribution >= 4 is 22.1 Å². The minimum atomic E-state index is -3.71. The minimum absolute atomic E-state index is 0.149. The van der Waals surface area contributed by atoms with Gasteiger partial charge < -0.3 is 4.74 Å². The van der Waals surface area contributed by atoms with Crippen LogP contribution < -0.4 is 4.72 Å². The van der Waals surface area contributed by atoms with Crippen LogP contribution >= 0.6 is 0 Å². The summed E-state index contributed by atoms with van der Waals surface area (Å²) >= 11 is 0. The van der Waals surface area contributed by atoms with Crippen molar-refractivity contribution in [1.82, 2.24) is 4.72 Å². The van der Waals surface area contributed by atoms with Crippen molar-refractivity contribution in [2.75, 3.05) is 13.2 Å². The molecule has 0 spiro atoms. The first-order valence-electron chi connectivity index (χ1n) is 7.91. The zero-order chi connectivity index (χ0) is 18.3. The summed E-state index contributed by atoms with van der Waals surface area (Å²) in [5, 5.41) is 0. The molecule has 0 aliphatic rings. The van der Waals surface area contributed by atoms with E-state index in [9.17, 15) is 13.2 Å². The van der Waals surface area contributed by atoms with Gasteiger partial charge in [0.25, 0.3) is 0 Å². The SMILES string of the molecule is CCOC(=O)/C(=C\c1ccccc1)CNS(=O)(=O)c1ccc(C)cc1. The Balaban J connectivity index is 2.20. The molecule has 5 nitrogen and oxygen atoms in total. The maximum atomic E-state index is 12.4. The number of ether oxygens (including phenoxy) is 1. The zero-order valence-corrected chi connectivity index (χ0v) is 15.0. The Hall–Kier alpha value is -2.44. The average Bonchev–Trinajstić information content (AvgIpc) is 2.60. The quantitative estimate of drug-likeness (QED) is 0.609. The second-order valence-corrected chi connectivity index (χ2v) is 7.21. The van der Waals surface area contributed by atoms with Gasteiger partial charge in [0.15, 0.2) is 0 Å². The lowest BCUT2D eigenvalue weighted by atomic mass is 10.1. The monoisotopic (exact) mass is 359 g/mol. The number of sulfonamides is 1. The van der Waals surface area contributed by atoms with Crippen LogP contribution in [0.3, 0.4) is 0 Å². The largest absolute Gasteiger partial charge is 0.463 e. The van der Waals surface area contributed by atoms with Gasteiger partial charge in [-0.15, -0.1) is 0 Å². The molecule has 1 N–H and O–H groups in total. The highest BCUT2D eigenvalue weighted by Gasteiger charge is 2.17. The van der Waals surface area contributed by atoms with Crippen molar-refractivity contribution in [1.29, 1.82) is 0 Å². The number of carbonyl (C=O) groups is 1. The molecule has 0 aliphatic heterocycles. The van der Waals surface area contributed by atoms with Crippen LogP contribution in [0.15, 0.2) is 65.1 Å². The molecule has 0 saturated carbocycles. The Labute approximate surface area is 148 Å². The van der Waals surface area contributed by atoms with Gasteiger partial charge >= 0.3 is 5.97 Å². The molecule has 0 radical (unpaired) electrons. The number of aryl methyl sites for hydroxylation is 1. The van der Waals surface area contributed by atoms with E-state index in [1.54, 1.807) is 25.1 Å². The van der Waals surface area contributed by atoms with Gasteiger partial charge in [0, 0.05) is 6.54 Å². The molecule has 2 rings (SSSR count). The molecule has 25 heavy (non-hydrogen) atoms. The van der Waals surface area contributed by atoms with Crippen molar-refractivity contribution in [2.45, 2.75) is 18.7 Å². The molecule has 0 fully saturated rings. The Bertz CT molecular complexity index is 841. The fourth-order valence-corrected chi connectivity index (χ4v) is 3.14. The van der Waals surface area contributed by atoms with Gasteiger partial charge in [-0.2, -0.15) is 0 Å². The number of nitrogens with one attached hydrogen (secondary N) is 1. The molecule has 0 aliphatic carbocycles. The average molecular weight is 359 g/mol. The van der Waals surface area contributed by atoms with Crippen LogP contribution in [-0.4, -0.2) is 27.5 Å². The Kier molecular flexibility index (Phi) is 6.50. The minimum Gasteiger partial charge on any atom is -0.463 e. The maximum absolute atomic E-state index is 12.4. The molecule has 0 bridgehead atoms. The second kappa shape index (κ2) is 8.60. The molecular weight excluding hydrogens is 338 g/mol. The smallest absolute Gasteiger partial charge is 0.335 e. The van der Waals surface area contributed by atoms with Crippen molar-refractivity contribution in [3.05, 3.63) is 71.3 Å². The van der Waals surface area contributed by atoms with Crippen molar-refractivity contribution in [3.63, 3.8) is 0 Å². The normalized spacial score (nSPS) is 12.0. The summed E-state index contributed by atoms with van der Waals surface area (Å²) in [5.74, 6) is -0.544. The lowest BCUT2D eigenvalue weighted by Crippen LogP contribution is -2.28. The van der Waals surface area contributed by atoms with Gasteiger partial charge in [0.05, 0.1) is 17.1 Å². The maximum Gasteiger partial charge on any atom is 0.335 e. The molecule has 6 heteroatoms. The van der Waals surface area contributed by atoms with E-state index in [-0.39, 0.29) is 23.6 Å². The first kappa shape index (κ1) is 18.9. The van der Waals surface area contributed by atoms with Crippen LogP contribution in [0, 0.1) is 6.92 Å². The number of rotatable bonds is 7. The van der Waals surface area contributed by atoms with Gasteiger partial charge in [-0.3, -0.25) is 0 Å². The number of benzene rings is 2. The van der Waals surface area contributed by atoms with E-state index >= 15 is 0 Å². The molecule has 2 aromatic rings. The molecule has 0 saturated heterocycles. The van der Waals surface area contributed by atoms with Crippen LogP contribution in [0.5, 0.6) is 0 Å². The summed E-state index contributed by atoms with van der Waals surface area (Å²) in [6.45, 7) is 3.65. The highest BCUT2D eigenvalue weighted by Crippen LogP contribution is 2.12. The highest BCUT2D eigenvalue weighted by molar-refractivity contribution is 7.89. The second-order valence-electron chi connectivity index (χ2n) is 5.44. The standard InChI is InChI=1S/C19H21NO4S/c1-3-24-19(21)17(13-16-7-5-4-6-8-16)14-20-25(22,23)18-11-9-15(2)10-12-18/h4-13,20H,3,14H2,1-2H3/b17-13-. The molecule has 0 heterocycles. The molecule has 0 atom stereocenters. The van der Waals surface area contributed by atoms with Crippen molar-refractivity contribution in [3.8, 4) is 0 Å². The third kappa shape index (κ3) is 5.55. The number of esters is 1. The lowest BCUT2D eigenvalue weighted by molar-refractivity contribution is -0.138. The van der Waals surface area contributed by atoms with Crippen LogP contribution in [0.2, 0.25) is 0 Å².